The van der Waals surface area contributed by atoms with E-state index in [9.17, 15) is 14.0 Å². The van der Waals surface area contributed by atoms with Crippen LogP contribution in [0.3, 0.4) is 0 Å². The molecule has 0 spiro atoms. The van der Waals surface area contributed by atoms with E-state index in [2.05, 4.69) is 4.74 Å². The summed E-state index contributed by atoms with van der Waals surface area (Å²) in [5.74, 6) is -1.24. The number of hydrogen-bond acceptors (Lipinski definition) is 4. The van der Waals surface area contributed by atoms with Crippen LogP contribution in [-0.4, -0.2) is 24.5 Å². The van der Waals surface area contributed by atoms with Gasteiger partial charge in [-0.2, -0.15) is 5.26 Å². The lowest BCUT2D eigenvalue weighted by Crippen LogP contribution is -2.23. The summed E-state index contributed by atoms with van der Waals surface area (Å²) in [6.45, 7) is 1.73. The van der Waals surface area contributed by atoms with Crippen molar-refractivity contribution in [3.63, 3.8) is 0 Å². The van der Waals surface area contributed by atoms with Gasteiger partial charge in [-0.15, -0.1) is 0 Å². The molecule has 0 saturated heterocycles. The van der Waals surface area contributed by atoms with Crippen molar-refractivity contribution < 1.29 is 18.7 Å². The van der Waals surface area contributed by atoms with Gasteiger partial charge in [0, 0.05) is 18.8 Å². The molecular formula is C16H24FNO3. The van der Waals surface area contributed by atoms with Crippen LogP contribution in [0, 0.1) is 23.2 Å². The molecule has 4 nitrogen and oxygen atoms in total. The quantitative estimate of drug-likeness (QED) is 0.644. The zero-order valence-corrected chi connectivity index (χ0v) is 12.6. The molecule has 1 saturated carbocycles. The minimum atomic E-state index is -1.78. The van der Waals surface area contributed by atoms with Crippen molar-refractivity contribution in [3.8, 4) is 6.07 Å². The van der Waals surface area contributed by atoms with Crippen LogP contribution in [0.1, 0.15) is 58.3 Å². The minimum absolute atomic E-state index is 0.115. The van der Waals surface area contributed by atoms with Crippen molar-refractivity contribution in [1.82, 2.24) is 0 Å². The van der Waals surface area contributed by atoms with Gasteiger partial charge in [0.15, 0.2) is 6.17 Å². The predicted molar refractivity (Wildman–Crippen MR) is 76.1 cm³/mol. The summed E-state index contributed by atoms with van der Waals surface area (Å²) in [6, 6.07) is 1.99. The Hall–Kier alpha value is -1.44. The Balaban J connectivity index is 2.35. The molecule has 0 aromatic rings. The molecule has 1 aliphatic carbocycles. The van der Waals surface area contributed by atoms with Crippen LogP contribution in [0.4, 0.5) is 4.39 Å². The lowest BCUT2D eigenvalue weighted by molar-refractivity contribution is -0.149. The van der Waals surface area contributed by atoms with Gasteiger partial charge in [-0.3, -0.25) is 4.79 Å². The second-order valence-electron chi connectivity index (χ2n) is 5.62. The number of hydrogen-bond donors (Lipinski definition) is 0. The Bertz CT molecular complexity index is 385. The van der Waals surface area contributed by atoms with Crippen LogP contribution >= 0.6 is 0 Å². The highest BCUT2D eigenvalue weighted by molar-refractivity contribution is 5.81. The van der Waals surface area contributed by atoms with Gasteiger partial charge in [-0.05, 0) is 26.2 Å². The van der Waals surface area contributed by atoms with Crippen molar-refractivity contribution in [2.45, 2.75) is 64.5 Å². The number of rotatable bonds is 8. The zero-order valence-electron chi connectivity index (χ0n) is 12.6. The van der Waals surface area contributed by atoms with Crippen LogP contribution in [0.25, 0.3) is 0 Å². The summed E-state index contributed by atoms with van der Waals surface area (Å²) in [5.41, 5.74) is 0. The molecule has 0 aliphatic heterocycles. The fourth-order valence-electron chi connectivity index (χ4n) is 2.76. The molecule has 5 heteroatoms. The summed E-state index contributed by atoms with van der Waals surface area (Å²) in [6.07, 6.45) is 3.90. The summed E-state index contributed by atoms with van der Waals surface area (Å²) in [5, 5.41) is 9.03. The highest BCUT2D eigenvalue weighted by atomic mass is 19.1. The third-order valence-electron chi connectivity index (χ3n) is 4.02. The molecule has 2 atom stereocenters. The van der Waals surface area contributed by atoms with Crippen molar-refractivity contribution in [2.75, 3.05) is 6.61 Å². The van der Waals surface area contributed by atoms with E-state index in [0.29, 0.717) is 12.8 Å². The summed E-state index contributed by atoms with van der Waals surface area (Å²) < 4.78 is 18.2. The number of alkyl halides is 1. The molecule has 118 valence electrons. The van der Waals surface area contributed by atoms with Gasteiger partial charge >= 0.3 is 5.97 Å². The fraction of sp³-hybridized carbons (Fsp3) is 0.812. The first-order chi connectivity index (χ1) is 10.1. The molecule has 0 radical (unpaired) electrons. The molecule has 0 aromatic heterocycles. The summed E-state index contributed by atoms with van der Waals surface area (Å²) in [4.78, 5) is 23.3. The first kappa shape index (κ1) is 17.6. The van der Waals surface area contributed by atoms with E-state index in [1.807, 2.05) is 6.07 Å². The van der Waals surface area contributed by atoms with Gasteiger partial charge in [0.25, 0.3) is 0 Å². The van der Waals surface area contributed by atoms with Gasteiger partial charge in [0.1, 0.15) is 5.78 Å². The van der Waals surface area contributed by atoms with Crippen molar-refractivity contribution in [1.29, 1.82) is 5.26 Å². The molecule has 2 unspecified atom stereocenters. The van der Waals surface area contributed by atoms with Gasteiger partial charge in [0.2, 0.25) is 0 Å². The minimum Gasteiger partial charge on any atom is -0.464 e. The Kier molecular flexibility index (Phi) is 7.96. The zero-order chi connectivity index (χ0) is 15.7. The Morgan fingerprint density at radius 1 is 1.33 bits per heavy atom. The summed E-state index contributed by atoms with van der Waals surface area (Å²) >= 11 is 0. The monoisotopic (exact) mass is 297 g/mol. The number of ether oxygens (including phenoxy) is 1. The Labute approximate surface area is 125 Å². The standard InChI is InChI=1S/C16H24FNO3/c1-2-21-16(20)14(17)10-12(11-18)8-9-15(19)13-6-4-3-5-7-13/h12-14H,2-10H2,1H3. The van der Waals surface area contributed by atoms with Crippen LogP contribution in [0.5, 0.6) is 0 Å². The maximum absolute atomic E-state index is 13.6. The number of carbonyl (C=O) groups excluding carboxylic acids is 2. The van der Waals surface area contributed by atoms with E-state index < -0.39 is 18.1 Å². The van der Waals surface area contributed by atoms with E-state index in [1.54, 1.807) is 6.92 Å². The molecule has 21 heavy (non-hydrogen) atoms. The van der Waals surface area contributed by atoms with E-state index in [0.717, 1.165) is 25.7 Å². The van der Waals surface area contributed by atoms with Crippen LogP contribution in [0.15, 0.2) is 0 Å². The van der Waals surface area contributed by atoms with E-state index in [4.69, 9.17) is 5.26 Å². The third-order valence-corrected chi connectivity index (χ3v) is 4.02. The molecule has 0 amide bonds. The van der Waals surface area contributed by atoms with Crippen LogP contribution in [0.2, 0.25) is 0 Å². The number of halogens is 1. The molecular weight excluding hydrogens is 273 g/mol. The highest BCUT2D eigenvalue weighted by Crippen LogP contribution is 2.27. The van der Waals surface area contributed by atoms with Crippen molar-refractivity contribution >= 4 is 11.8 Å². The van der Waals surface area contributed by atoms with Crippen LogP contribution in [-0.2, 0) is 14.3 Å². The number of Topliss-reactive ketones (excluding diaryl/α,β-unsaturated/α-hetero) is 1. The predicted octanol–water partition coefficient (Wildman–Crippen LogP) is 3.35. The van der Waals surface area contributed by atoms with E-state index in [-0.39, 0.29) is 24.7 Å². The molecule has 0 N–H and O–H groups in total. The summed E-state index contributed by atoms with van der Waals surface area (Å²) in [7, 11) is 0. The molecule has 0 bridgehead atoms. The lowest BCUT2D eigenvalue weighted by Gasteiger charge is -2.20. The van der Waals surface area contributed by atoms with E-state index >= 15 is 0 Å². The van der Waals surface area contributed by atoms with Gasteiger partial charge in [0.05, 0.1) is 18.6 Å². The largest absolute Gasteiger partial charge is 0.464 e. The van der Waals surface area contributed by atoms with Crippen LogP contribution < -0.4 is 0 Å². The van der Waals surface area contributed by atoms with E-state index in [1.165, 1.54) is 6.42 Å². The molecule has 0 heterocycles. The molecule has 0 aromatic carbocycles. The van der Waals surface area contributed by atoms with Gasteiger partial charge < -0.3 is 4.74 Å². The number of ketones is 1. The number of carbonyl (C=O) groups is 2. The first-order valence-corrected chi connectivity index (χ1v) is 7.81. The van der Waals surface area contributed by atoms with Crippen molar-refractivity contribution in [3.05, 3.63) is 0 Å². The number of nitriles is 1. The smallest absolute Gasteiger partial charge is 0.340 e. The third kappa shape index (κ3) is 6.24. The number of nitrogens with zero attached hydrogens (tertiary/aromatic N) is 1. The normalized spacial score (nSPS) is 18.5. The maximum Gasteiger partial charge on any atom is 0.340 e. The Morgan fingerprint density at radius 2 is 2.00 bits per heavy atom. The van der Waals surface area contributed by atoms with Gasteiger partial charge in [-0.1, -0.05) is 19.3 Å². The lowest BCUT2D eigenvalue weighted by atomic mass is 9.83. The topological polar surface area (TPSA) is 67.2 Å². The fourth-order valence-corrected chi connectivity index (χ4v) is 2.76. The average molecular weight is 297 g/mol. The first-order valence-electron chi connectivity index (χ1n) is 7.81. The second kappa shape index (κ2) is 9.49. The average Bonchev–Trinajstić information content (AvgIpc) is 2.51. The molecule has 1 rings (SSSR count). The molecule has 1 fully saturated rings. The van der Waals surface area contributed by atoms with Crippen molar-refractivity contribution in [2.24, 2.45) is 11.8 Å². The SMILES string of the molecule is CCOC(=O)C(F)CC(C#N)CCC(=O)C1CCCCC1. The highest BCUT2D eigenvalue weighted by Gasteiger charge is 2.26. The number of esters is 1. The second-order valence-corrected chi connectivity index (χ2v) is 5.62. The maximum atomic E-state index is 13.6. The Morgan fingerprint density at radius 3 is 2.57 bits per heavy atom. The molecule has 1 aliphatic rings. The van der Waals surface area contributed by atoms with Gasteiger partial charge in [-0.25, -0.2) is 9.18 Å².